The van der Waals surface area contributed by atoms with Crippen LogP contribution in [-0.4, -0.2) is 42.5 Å². The Labute approximate surface area is 126 Å². The van der Waals surface area contributed by atoms with Crippen LogP contribution >= 0.6 is 22.9 Å². The van der Waals surface area contributed by atoms with Crippen LogP contribution in [0.15, 0.2) is 6.07 Å². The lowest BCUT2D eigenvalue weighted by Gasteiger charge is -2.34. The largest absolute Gasteiger partial charge is 0.425 e. The maximum absolute atomic E-state index is 12.6. The molecular weight excluding hydrogens is 309 g/mol. The molecule has 7 heteroatoms. The van der Waals surface area contributed by atoms with Gasteiger partial charge in [0.1, 0.15) is 4.88 Å². The zero-order valence-electron chi connectivity index (χ0n) is 11.3. The summed E-state index contributed by atoms with van der Waals surface area (Å²) in [6.45, 7) is 7.47. The molecule has 2 nitrogen and oxygen atoms in total. The van der Waals surface area contributed by atoms with Crippen molar-refractivity contribution in [2.45, 2.75) is 26.1 Å². The van der Waals surface area contributed by atoms with Crippen LogP contribution in [0.2, 0.25) is 5.02 Å². The van der Waals surface area contributed by atoms with Crippen molar-refractivity contribution in [2.24, 2.45) is 0 Å². The standard InChI is InChI=1S/C13H18ClF3N2S/c1-2-3-18-4-6-19(7-5-18)9-11-10(14)8-12(20-11)13(15,16)17/h8H,2-7,9H2,1H3. The number of nitrogens with zero attached hydrogens (tertiary/aromatic N) is 2. The van der Waals surface area contributed by atoms with E-state index in [0.717, 1.165) is 56.5 Å². The molecule has 0 amide bonds. The highest BCUT2D eigenvalue weighted by Gasteiger charge is 2.34. The average molecular weight is 327 g/mol. The van der Waals surface area contributed by atoms with Gasteiger partial charge in [-0.05, 0) is 19.0 Å². The molecule has 1 aliphatic heterocycles. The van der Waals surface area contributed by atoms with Crippen molar-refractivity contribution in [1.82, 2.24) is 9.80 Å². The van der Waals surface area contributed by atoms with Crippen LogP contribution in [0, 0.1) is 0 Å². The number of rotatable bonds is 4. The maximum atomic E-state index is 12.6. The van der Waals surface area contributed by atoms with Crippen molar-refractivity contribution in [3.05, 3.63) is 20.8 Å². The summed E-state index contributed by atoms with van der Waals surface area (Å²) >= 11 is 6.68. The Hall–Kier alpha value is -0.300. The summed E-state index contributed by atoms with van der Waals surface area (Å²) in [5.74, 6) is 0. The van der Waals surface area contributed by atoms with Crippen LogP contribution < -0.4 is 0 Å². The summed E-state index contributed by atoms with van der Waals surface area (Å²) in [6.07, 6.45) is -3.17. The minimum Gasteiger partial charge on any atom is -0.301 e. The number of halogens is 4. The first kappa shape index (κ1) is 16.1. The van der Waals surface area contributed by atoms with Crippen LogP contribution in [0.25, 0.3) is 0 Å². The molecule has 0 atom stereocenters. The van der Waals surface area contributed by atoms with Gasteiger partial charge in [0.05, 0.1) is 5.02 Å². The lowest BCUT2D eigenvalue weighted by molar-refractivity contribution is -0.134. The molecule has 0 N–H and O–H groups in total. The quantitative estimate of drug-likeness (QED) is 0.826. The highest BCUT2D eigenvalue weighted by atomic mass is 35.5. The van der Waals surface area contributed by atoms with Crippen molar-refractivity contribution < 1.29 is 13.2 Å². The Morgan fingerprint density at radius 2 is 1.80 bits per heavy atom. The van der Waals surface area contributed by atoms with E-state index in [1.807, 2.05) is 0 Å². The molecule has 1 aromatic heterocycles. The van der Waals surface area contributed by atoms with Crippen molar-refractivity contribution >= 4 is 22.9 Å². The number of piperazine rings is 1. The summed E-state index contributed by atoms with van der Waals surface area (Å²) in [4.78, 5) is 4.56. The van der Waals surface area contributed by atoms with E-state index in [4.69, 9.17) is 11.6 Å². The molecular formula is C13H18ClF3N2S. The molecule has 2 rings (SSSR count). The van der Waals surface area contributed by atoms with Gasteiger partial charge >= 0.3 is 6.18 Å². The van der Waals surface area contributed by atoms with Gasteiger partial charge in [-0.25, -0.2) is 0 Å². The smallest absolute Gasteiger partial charge is 0.301 e. The fourth-order valence-corrected chi connectivity index (χ4v) is 3.66. The Balaban J connectivity index is 1.93. The molecule has 0 unspecified atom stereocenters. The van der Waals surface area contributed by atoms with Gasteiger partial charge in [0.15, 0.2) is 0 Å². The van der Waals surface area contributed by atoms with Gasteiger partial charge in [0.2, 0.25) is 0 Å². The second-order valence-corrected chi connectivity index (χ2v) is 6.54. The predicted molar refractivity (Wildman–Crippen MR) is 76.3 cm³/mol. The zero-order valence-corrected chi connectivity index (χ0v) is 12.9. The van der Waals surface area contributed by atoms with Crippen LogP contribution in [0.1, 0.15) is 23.1 Å². The van der Waals surface area contributed by atoms with E-state index in [2.05, 4.69) is 16.7 Å². The fraction of sp³-hybridized carbons (Fsp3) is 0.692. The third-order valence-corrected chi connectivity index (χ3v) is 5.02. The highest BCUT2D eigenvalue weighted by molar-refractivity contribution is 7.12. The van der Waals surface area contributed by atoms with Crippen LogP contribution in [-0.2, 0) is 12.7 Å². The normalized spacial score (nSPS) is 18.6. The van der Waals surface area contributed by atoms with E-state index < -0.39 is 11.1 Å². The molecule has 2 heterocycles. The lowest BCUT2D eigenvalue weighted by Crippen LogP contribution is -2.45. The van der Waals surface area contributed by atoms with E-state index in [-0.39, 0.29) is 5.02 Å². The van der Waals surface area contributed by atoms with E-state index in [1.165, 1.54) is 0 Å². The maximum Gasteiger partial charge on any atom is 0.425 e. The third-order valence-electron chi connectivity index (χ3n) is 3.41. The van der Waals surface area contributed by atoms with Gasteiger partial charge in [-0.1, -0.05) is 18.5 Å². The van der Waals surface area contributed by atoms with Gasteiger partial charge in [-0.2, -0.15) is 13.2 Å². The molecule has 0 spiro atoms. The molecule has 0 bridgehead atoms. The second-order valence-electron chi connectivity index (χ2n) is 5.00. The number of hydrogen-bond donors (Lipinski definition) is 0. The van der Waals surface area contributed by atoms with Gasteiger partial charge in [0.25, 0.3) is 0 Å². The minimum absolute atomic E-state index is 0.235. The Morgan fingerprint density at radius 3 is 2.30 bits per heavy atom. The van der Waals surface area contributed by atoms with Gasteiger partial charge in [-0.15, -0.1) is 11.3 Å². The Morgan fingerprint density at radius 1 is 1.20 bits per heavy atom. The number of hydrogen-bond acceptors (Lipinski definition) is 3. The molecule has 1 aliphatic rings. The number of alkyl halides is 3. The molecule has 0 aromatic carbocycles. The zero-order chi connectivity index (χ0) is 14.8. The monoisotopic (exact) mass is 326 g/mol. The Kier molecular flexibility index (Phi) is 5.34. The summed E-state index contributed by atoms with van der Waals surface area (Å²) in [6, 6.07) is 1.04. The van der Waals surface area contributed by atoms with E-state index >= 15 is 0 Å². The highest BCUT2D eigenvalue weighted by Crippen LogP contribution is 2.39. The van der Waals surface area contributed by atoms with Crippen LogP contribution in [0.4, 0.5) is 13.2 Å². The first-order valence-corrected chi connectivity index (χ1v) is 7.89. The first-order valence-electron chi connectivity index (χ1n) is 6.70. The minimum atomic E-state index is -4.30. The summed E-state index contributed by atoms with van der Waals surface area (Å²) in [5.41, 5.74) is 0. The van der Waals surface area contributed by atoms with Gasteiger partial charge in [-0.3, -0.25) is 4.90 Å². The van der Waals surface area contributed by atoms with Gasteiger partial charge in [0, 0.05) is 37.6 Å². The molecule has 0 aliphatic carbocycles. The second kappa shape index (κ2) is 6.64. The molecule has 1 fully saturated rings. The average Bonchev–Trinajstić information content (AvgIpc) is 2.74. The fourth-order valence-electron chi connectivity index (χ4n) is 2.34. The van der Waals surface area contributed by atoms with E-state index in [0.29, 0.717) is 11.4 Å². The summed E-state index contributed by atoms with van der Waals surface area (Å²) < 4.78 is 37.9. The van der Waals surface area contributed by atoms with Gasteiger partial charge < -0.3 is 4.90 Å². The third kappa shape index (κ3) is 4.10. The van der Waals surface area contributed by atoms with Crippen molar-refractivity contribution in [3.63, 3.8) is 0 Å². The van der Waals surface area contributed by atoms with Crippen molar-refractivity contribution in [3.8, 4) is 0 Å². The molecule has 114 valence electrons. The molecule has 20 heavy (non-hydrogen) atoms. The van der Waals surface area contributed by atoms with Crippen molar-refractivity contribution in [2.75, 3.05) is 32.7 Å². The SMILES string of the molecule is CCCN1CCN(Cc2sc(C(F)(F)F)cc2Cl)CC1. The lowest BCUT2D eigenvalue weighted by atomic mass is 10.3. The molecule has 0 radical (unpaired) electrons. The van der Waals surface area contributed by atoms with E-state index in [1.54, 1.807) is 0 Å². The molecule has 1 saturated heterocycles. The number of thiophene rings is 1. The first-order chi connectivity index (χ1) is 9.40. The molecule has 1 aromatic rings. The predicted octanol–water partition coefficient (Wildman–Crippen LogP) is 3.95. The van der Waals surface area contributed by atoms with Crippen LogP contribution in [0.3, 0.4) is 0 Å². The van der Waals surface area contributed by atoms with Crippen molar-refractivity contribution in [1.29, 1.82) is 0 Å². The topological polar surface area (TPSA) is 6.48 Å². The summed E-state index contributed by atoms with van der Waals surface area (Å²) in [7, 11) is 0. The Bertz CT molecular complexity index is 439. The van der Waals surface area contributed by atoms with Crippen LogP contribution in [0.5, 0.6) is 0 Å². The summed E-state index contributed by atoms with van der Waals surface area (Å²) in [5, 5.41) is 0.235. The van der Waals surface area contributed by atoms with E-state index in [9.17, 15) is 13.2 Å². The molecule has 0 saturated carbocycles.